The minimum atomic E-state index is -0.248. The highest BCUT2D eigenvalue weighted by molar-refractivity contribution is 8.01. The normalized spacial score (nSPS) is 19.5. The van der Waals surface area contributed by atoms with Crippen LogP contribution in [0.25, 0.3) is 0 Å². The van der Waals surface area contributed by atoms with Crippen LogP contribution >= 0.6 is 24.0 Å². The van der Waals surface area contributed by atoms with E-state index in [2.05, 4.69) is 11.4 Å². The van der Waals surface area contributed by atoms with Gasteiger partial charge in [0.05, 0.1) is 16.3 Å². The Morgan fingerprint density at radius 2 is 2.29 bits per heavy atom. The summed E-state index contributed by atoms with van der Waals surface area (Å²) in [6.45, 7) is 1.80. The summed E-state index contributed by atoms with van der Waals surface area (Å²) in [4.78, 5) is 13.5. The van der Waals surface area contributed by atoms with Gasteiger partial charge in [-0.2, -0.15) is 0 Å². The van der Waals surface area contributed by atoms with E-state index < -0.39 is 0 Å². The van der Waals surface area contributed by atoms with Crippen LogP contribution in [0.1, 0.15) is 12.5 Å². The number of benzene rings is 1. The molecule has 90 valence electrons. The molecule has 0 radical (unpaired) electrons. The van der Waals surface area contributed by atoms with E-state index >= 15 is 0 Å². The van der Waals surface area contributed by atoms with Crippen molar-refractivity contribution in [3.63, 3.8) is 0 Å². The van der Waals surface area contributed by atoms with Crippen molar-refractivity contribution in [3.8, 4) is 0 Å². The predicted molar refractivity (Wildman–Crippen MR) is 74.2 cm³/mol. The molecule has 17 heavy (non-hydrogen) atoms. The van der Waals surface area contributed by atoms with Crippen LogP contribution in [0.3, 0.4) is 0 Å². The Morgan fingerprint density at radius 1 is 1.59 bits per heavy atom. The summed E-state index contributed by atoms with van der Waals surface area (Å²) in [6.07, 6.45) is 0.775. The molecule has 1 amide bonds. The first kappa shape index (κ1) is 12.4. The van der Waals surface area contributed by atoms with Gasteiger partial charge in [0.1, 0.15) is 0 Å². The quantitative estimate of drug-likeness (QED) is 0.814. The first-order valence-electron chi connectivity index (χ1n) is 5.42. The van der Waals surface area contributed by atoms with E-state index in [0.29, 0.717) is 4.99 Å². The monoisotopic (exact) mass is 266 g/mol. The van der Waals surface area contributed by atoms with Crippen molar-refractivity contribution in [3.05, 3.63) is 29.8 Å². The highest BCUT2D eigenvalue weighted by atomic mass is 32.2. The van der Waals surface area contributed by atoms with E-state index in [1.165, 1.54) is 10.5 Å². The minimum Gasteiger partial charge on any atom is -0.392 e. The molecule has 0 fully saturated rings. The van der Waals surface area contributed by atoms with Crippen LogP contribution in [-0.2, 0) is 11.2 Å². The van der Waals surface area contributed by atoms with Crippen molar-refractivity contribution in [2.45, 2.75) is 29.5 Å². The molecule has 2 rings (SSSR count). The molecular formula is C12H14N2OS2. The molecular weight excluding hydrogens is 252 g/mol. The van der Waals surface area contributed by atoms with Gasteiger partial charge in [0.25, 0.3) is 0 Å². The standard InChI is InChI=1S/C12H14N2OS2/c1-7(11(13)16)14-12(15)10-6-8-4-2-3-5-9(8)17-10/h2-5,7,10H,6H2,1H3,(H2,13,16)(H,14,15). The van der Waals surface area contributed by atoms with Gasteiger partial charge in [-0.1, -0.05) is 30.4 Å². The zero-order valence-corrected chi connectivity index (χ0v) is 11.1. The first-order chi connectivity index (χ1) is 8.08. The molecule has 5 heteroatoms. The second kappa shape index (κ2) is 5.06. The van der Waals surface area contributed by atoms with Crippen LogP contribution in [-0.4, -0.2) is 22.2 Å². The van der Waals surface area contributed by atoms with Gasteiger partial charge < -0.3 is 11.1 Å². The molecule has 1 aromatic rings. The molecule has 3 N–H and O–H groups in total. The van der Waals surface area contributed by atoms with E-state index in [9.17, 15) is 4.79 Å². The lowest BCUT2D eigenvalue weighted by atomic mass is 10.1. The van der Waals surface area contributed by atoms with E-state index in [0.717, 1.165) is 6.42 Å². The van der Waals surface area contributed by atoms with Crippen LogP contribution in [0.4, 0.5) is 0 Å². The van der Waals surface area contributed by atoms with Crippen LogP contribution in [0, 0.1) is 0 Å². The predicted octanol–water partition coefficient (Wildman–Crippen LogP) is 1.49. The average Bonchev–Trinajstić information content (AvgIpc) is 2.72. The number of rotatable bonds is 3. The number of thiocarbonyl (C=S) groups is 1. The Balaban J connectivity index is 1.99. The maximum absolute atomic E-state index is 12.0. The van der Waals surface area contributed by atoms with Gasteiger partial charge in [0.2, 0.25) is 5.91 Å². The van der Waals surface area contributed by atoms with Gasteiger partial charge in [-0.15, -0.1) is 11.8 Å². The highest BCUT2D eigenvalue weighted by Crippen LogP contribution is 2.36. The molecule has 2 unspecified atom stereocenters. The van der Waals surface area contributed by atoms with E-state index in [1.54, 1.807) is 18.7 Å². The summed E-state index contributed by atoms with van der Waals surface area (Å²) in [5.74, 6) is 0.00602. The lowest BCUT2D eigenvalue weighted by Crippen LogP contribution is -2.44. The van der Waals surface area contributed by atoms with E-state index in [-0.39, 0.29) is 17.2 Å². The van der Waals surface area contributed by atoms with Gasteiger partial charge in [0, 0.05) is 4.90 Å². The van der Waals surface area contributed by atoms with Crippen LogP contribution in [0.15, 0.2) is 29.2 Å². The van der Waals surface area contributed by atoms with Crippen molar-refractivity contribution in [2.75, 3.05) is 0 Å². The summed E-state index contributed by atoms with van der Waals surface area (Å²) in [5.41, 5.74) is 6.71. The van der Waals surface area contributed by atoms with Gasteiger partial charge >= 0.3 is 0 Å². The fraction of sp³-hybridized carbons (Fsp3) is 0.333. The Labute approximate surface area is 110 Å². The van der Waals surface area contributed by atoms with Crippen molar-refractivity contribution < 1.29 is 4.79 Å². The Morgan fingerprint density at radius 3 is 2.94 bits per heavy atom. The molecule has 1 aliphatic heterocycles. The molecule has 1 heterocycles. The van der Waals surface area contributed by atoms with Gasteiger partial charge in [-0.05, 0) is 25.0 Å². The Hall–Kier alpha value is -1.07. The third kappa shape index (κ3) is 2.79. The van der Waals surface area contributed by atoms with Gasteiger partial charge in [-0.25, -0.2) is 0 Å². The highest BCUT2D eigenvalue weighted by Gasteiger charge is 2.28. The number of fused-ring (bicyclic) bond motifs is 1. The SMILES string of the molecule is CC(NC(=O)C1Cc2ccccc2S1)C(N)=S. The molecule has 0 bridgehead atoms. The molecule has 3 nitrogen and oxygen atoms in total. The number of thioether (sulfide) groups is 1. The van der Waals surface area contributed by atoms with Crippen LogP contribution < -0.4 is 11.1 Å². The van der Waals surface area contributed by atoms with Crippen molar-refractivity contribution in [1.29, 1.82) is 0 Å². The zero-order valence-electron chi connectivity index (χ0n) is 9.47. The lowest BCUT2D eigenvalue weighted by molar-refractivity contribution is -0.120. The van der Waals surface area contributed by atoms with Crippen LogP contribution in [0.5, 0.6) is 0 Å². The number of nitrogens with two attached hydrogens (primary N) is 1. The third-order valence-corrected chi connectivity index (χ3v) is 4.40. The smallest absolute Gasteiger partial charge is 0.234 e. The van der Waals surface area contributed by atoms with Crippen molar-refractivity contribution >= 4 is 34.9 Å². The molecule has 2 atom stereocenters. The number of hydrogen-bond donors (Lipinski definition) is 2. The fourth-order valence-electron chi connectivity index (χ4n) is 1.71. The van der Waals surface area contributed by atoms with Crippen molar-refractivity contribution in [1.82, 2.24) is 5.32 Å². The van der Waals surface area contributed by atoms with Gasteiger partial charge in [-0.3, -0.25) is 4.79 Å². The summed E-state index contributed by atoms with van der Waals surface area (Å²) in [7, 11) is 0. The lowest BCUT2D eigenvalue weighted by Gasteiger charge is -2.15. The topological polar surface area (TPSA) is 55.1 Å². The summed E-state index contributed by atoms with van der Waals surface area (Å²) in [5, 5.41) is 2.76. The van der Waals surface area contributed by atoms with Crippen LogP contribution in [0.2, 0.25) is 0 Å². The number of carbonyl (C=O) groups excluding carboxylic acids is 1. The van der Waals surface area contributed by atoms with E-state index in [1.807, 2.05) is 18.2 Å². The molecule has 0 aromatic heterocycles. The Bertz CT molecular complexity index is 437. The summed E-state index contributed by atoms with van der Waals surface area (Å²) >= 11 is 6.44. The molecule has 0 aliphatic carbocycles. The second-order valence-corrected chi connectivity index (χ2v) is 5.77. The summed E-state index contributed by atoms with van der Waals surface area (Å²) in [6, 6.07) is 7.85. The third-order valence-electron chi connectivity index (χ3n) is 2.73. The Kier molecular flexibility index (Phi) is 3.69. The maximum Gasteiger partial charge on any atom is 0.234 e. The first-order valence-corrected chi connectivity index (χ1v) is 6.71. The fourth-order valence-corrected chi connectivity index (χ4v) is 2.97. The van der Waals surface area contributed by atoms with Gasteiger partial charge in [0.15, 0.2) is 0 Å². The maximum atomic E-state index is 12.0. The number of nitrogens with one attached hydrogen (secondary N) is 1. The zero-order chi connectivity index (χ0) is 12.4. The number of amides is 1. The number of hydrogen-bond acceptors (Lipinski definition) is 3. The number of carbonyl (C=O) groups is 1. The summed E-state index contributed by atoms with van der Waals surface area (Å²) < 4.78 is 0. The molecule has 0 spiro atoms. The van der Waals surface area contributed by atoms with Crippen molar-refractivity contribution in [2.24, 2.45) is 5.73 Å². The second-order valence-electron chi connectivity index (χ2n) is 4.05. The molecule has 0 saturated carbocycles. The molecule has 0 saturated heterocycles. The van der Waals surface area contributed by atoms with E-state index in [4.69, 9.17) is 18.0 Å². The largest absolute Gasteiger partial charge is 0.392 e. The molecule has 1 aliphatic rings. The molecule has 1 aromatic carbocycles. The average molecular weight is 266 g/mol. The minimum absolute atomic E-state index is 0.00602.